The van der Waals surface area contributed by atoms with Crippen molar-refractivity contribution in [2.75, 3.05) is 0 Å². The summed E-state index contributed by atoms with van der Waals surface area (Å²) in [5.41, 5.74) is -1.64. The summed E-state index contributed by atoms with van der Waals surface area (Å²) >= 11 is 0. The van der Waals surface area contributed by atoms with Gasteiger partial charge >= 0.3 is 28.2 Å². The first-order valence-electron chi connectivity index (χ1n) is 12.2. The molecule has 0 fully saturated rings. The van der Waals surface area contributed by atoms with Gasteiger partial charge in [0.1, 0.15) is 11.4 Å². The first-order valence-corrected chi connectivity index (χ1v) is 12.2. The minimum absolute atomic E-state index is 0. The van der Waals surface area contributed by atoms with E-state index in [2.05, 4.69) is 9.98 Å². The van der Waals surface area contributed by atoms with Gasteiger partial charge in [-0.15, -0.1) is 0 Å². The summed E-state index contributed by atoms with van der Waals surface area (Å²) in [5.74, 6) is 0. The van der Waals surface area contributed by atoms with Crippen LogP contribution in [0, 0.1) is 60.7 Å². The van der Waals surface area contributed by atoms with Crippen LogP contribution in [-0.2, 0) is 16.8 Å². The molecule has 4 aromatic rings. The maximum absolute atomic E-state index is 11.0. The van der Waals surface area contributed by atoms with Gasteiger partial charge in [-0.1, -0.05) is 24.3 Å². The topological polar surface area (TPSA) is 314 Å². The first kappa shape index (κ1) is 42.4. The zero-order valence-electron chi connectivity index (χ0n) is 23.9. The summed E-state index contributed by atoms with van der Waals surface area (Å²) in [5, 5.41) is 64.6. The first-order chi connectivity index (χ1) is 21.8. The zero-order valence-corrected chi connectivity index (χ0v) is 25.7. The molecule has 0 heterocycles. The molecule has 255 valence electrons. The molecule has 0 aliphatic carbocycles. The van der Waals surface area contributed by atoms with E-state index in [9.17, 15) is 60.7 Å². The quantitative estimate of drug-likeness (QED) is 0.128. The minimum Gasteiger partial charge on any atom is -1.00 e. The van der Waals surface area contributed by atoms with E-state index >= 15 is 0 Å². The molecule has 23 heteroatoms. The Morgan fingerprint density at radius 2 is 0.755 bits per heavy atom. The molecule has 1 radical (unpaired) electrons. The second-order valence-corrected chi connectivity index (χ2v) is 8.60. The van der Waals surface area contributed by atoms with Crippen LogP contribution in [0.2, 0.25) is 0 Å². The SMILES string of the molecule is O=[N+]([O-])c1cccc(C=Nc2ccc([N+](=O)[O-])cc2[N+](=O)[O-])c1.O=[N+]([O-])c1cccc(C=Nc2ccc([N+](=O)[O-])cc2[N+](=O)[O-])c1.[Cl-].[Co+2].[OH-]. The Kier molecular flexibility index (Phi) is 16.5. The molecule has 0 amide bonds. The van der Waals surface area contributed by atoms with Gasteiger partial charge in [0, 0.05) is 48.8 Å². The summed E-state index contributed by atoms with van der Waals surface area (Å²) < 4.78 is 0. The Hall–Kier alpha value is -6.62. The Balaban J connectivity index is 0.000000886. The van der Waals surface area contributed by atoms with Gasteiger partial charge in [-0.05, 0) is 23.3 Å². The molecule has 49 heavy (non-hydrogen) atoms. The van der Waals surface area contributed by atoms with Gasteiger partial charge in [0.25, 0.3) is 22.7 Å². The van der Waals surface area contributed by atoms with Crippen molar-refractivity contribution in [2.24, 2.45) is 9.98 Å². The molecule has 0 spiro atoms. The number of hydrogen-bond donors (Lipinski definition) is 0. The normalized spacial score (nSPS) is 9.96. The van der Waals surface area contributed by atoms with Crippen molar-refractivity contribution in [1.29, 1.82) is 0 Å². The molecule has 0 bridgehead atoms. The molecule has 0 aromatic heterocycles. The van der Waals surface area contributed by atoms with Crippen molar-refractivity contribution in [1.82, 2.24) is 0 Å². The van der Waals surface area contributed by atoms with Crippen LogP contribution in [0.1, 0.15) is 11.1 Å². The van der Waals surface area contributed by atoms with Crippen molar-refractivity contribution in [3.8, 4) is 0 Å². The van der Waals surface area contributed by atoms with Crippen LogP contribution in [0.25, 0.3) is 0 Å². The second-order valence-electron chi connectivity index (χ2n) is 8.60. The van der Waals surface area contributed by atoms with Gasteiger partial charge in [0.15, 0.2) is 0 Å². The number of benzene rings is 4. The number of rotatable bonds is 10. The summed E-state index contributed by atoms with van der Waals surface area (Å²) in [7, 11) is 0. The third kappa shape index (κ3) is 11.9. The predicted octanol–water partition coefficient (Wildman–Crippen LogP) is 3.15. The maximum atomic E-state index is 11.0. The summed E-state index contributed by atoms with van der Waals surface area (Å²) in [6.07, 6.45) is 2.42. The van der Waals surface area contributed by atoms with E-state index in [4.69, 9.17) is 0 Å². The monoisotopic (exact) mass is 743 g/mol. The van der Waals surface area contributed by atoms with Crippen LogP contribution in [0.15, 0.2) is 94.9 Å². The predicted molar refractivity (Wildman–Crippen MR) is 162 cm³/mol. The van der Waals surface area contributed by atoms with E-state index in [0.717, 1.165) is 36.4 Å². The van der Waals surface area contributed by atoms with Crippen molar-refractivity contribution in [3.63, 3.8) is 0 Å². The maximum Gasteiger partial charge on any atom is 2.00 e. The van der Waals surface area contributed by atoms with Gasteiger partial charge < -0.3 is 17.9 Å². The fourth-order valence-electron chi connectivity index (χ4n) is 3.49. The van der Waals surface area contributed by atoms with Crippen LogP contribution in [0.4, 0.5) is 45.5 Å². The van der Waals surface area contributed by atoms with E-state index in [-0.39, 0.29) is 57.4 Å². The van der Waals surface area contributed by atoms with Crippen LogP contribution in [0.3, 0.4) is 0 Å². The Morgan fingerprint density at radius 1 is 0.449 bits per heavy atom. The number of nitro benzene ring substituents is 6. The van der Waals surface area contributed by atoms with Gasteiger partial charge in [-0.2, -0.15) is 0 Å². The molecule has 1 N–H and O–H groups in total. The molecular formula is C26H17ClCoN8O13. The van der Waals surface area contributed by atoms with Crippen LogP contribution < -0.4 is 12.4 Å². The third-order valence-corrected chi connectivity index (χ3v) is 5.60. The molecule has 0 saturated carbocycles. The minimum atomic E-state index is -0.785. The molecule has 0 aliphatic heterocycles. The molecule has 0 unspecified atom stereocenters. The van der Waals surface area contributed by atoms with E-state index < -0.39 is 52.3 Å². The molecule has 0 aliphatic rings. The average Bonchev–Trinajstić information content (AvgIpc) is 3.03. The third-order valence-electron chi connectivity index (χ3n) is 5.60. The standard InChI is InChI=1S/2C13H8N4O6.ClH.Co.H2O/c2*18-15(19)10-3-1-2-9(6-10)8-14-12-5-4-11(16(20)21)7-13(12)17(22)23;;;/h2*1-8H;1H;;1H2/q;;;+2;/p-2. The van der Waals surface area contributed by atoms with Gasteiger partial charge in [0.05, 0.1) is 41.7 Å². The van der Waals surface area contributed by atoms with Gasteiger partial charge in [-0.25, -0.2) is 9.98 Å². The van der Waals surface area contributed by atoms with E-state index in [1.54, 1.807) is 0 Å². The molecule has 21 nitrogen and oxygen atoms in total. The molecule has 4 aromatic carbocycles. The van der Waals surface area contributed by atoms with E-state index in [1.165, 1.54) is 61.0 Å². The number of nitrogens with zero attached hydrogens (tertiary/aromatic N) is 8. The van der Waals surface area contributed by atoms with Crippen LogP contribution in [0.5, 0.6) is 0 Å². The fraction of sp³-hybridized carbons (Fsp3) is 0. The number of nitro groups is 6. The zero-order chi connectivity index (χ0) is 34.0. The van der Waals surface area contributed by atoms with Crippen LogP contribution >= 0.6 is 0 Å². The van der Waals surface area contributed by atoms with Crippen molar-refractivity contribution < 1.29 is 64.2 Å². The van der Waals surface area contributed by atoms with Crippen molar-refractivity contribution in [3.05, 3.63) is 157 Å². The Morgan fingerprint density at radius 3 is 1.04 bits per heavy atom. The molecule has 0 atom stereocenters. The second kappa shape index (κ2) is 19.1. The fourth-order valence-corrected chi connectivity index (χ4v) is 3.49. The van der Waals surface area contributed by atoms with Crippen LogP contribution in [-0.4, -0.2) is 47.4 Å². The Bertz CT molecular complexity index is 1820. The summed E-state index contributed by atoms with van der Waals surface area (Å²) in [4.78, 5) is 68.1. The smallest absolute Gasteiger partial charge is 1.00 e. The number of hydrogen-bond acceptors (Lipinski definition) is 15. The number of aliphatic imine (C=N–C) groups is 2. The van der Waals surface area contributed by atoms with Crippen molar-refractivity contribution >= 4 is 57.9 Å². The largest absolute Gasteiger partial charge is 2.00 e. The van der Waals surface area contributed by atoms with Gasteiger partial charge in [-0.3, -0.25) is 60.7 Å². The number of halogens is 1. The van der Waals surface area contributed by atoms with Gasteiger partial charge in [0.2, 0.25) is 0 Å². The average molecular weight is 744 g/mol. The Labute approximate surface area is 288 Å². The number of non-ortho nitro benzene ring substituents is 4. The summed E-state index contributed by atoms with van der Waals surface area (Å²) in [6.45, 7) is 0. The van der Waals surface area contributed by atoms with Crippen molar-refractivity contribution in [2.45, 2.75) is 0 Å². The summed E-state index contributed by atoms with van der Waals surface area (Å²) in [6, 6.07) is 17.1. The molecule has 4 rings (SSSR count). The van der Waals surface area contributed by atoms with E-state index in [0.29, 0.717) is 11.1 Å². The molecular weight excluding hydrogens is 727 g/mol. The van der Waals surface area contributed by atoms with E-state index in [1.807, 2.05) is 0 Å². The molecule has 0 saturated heterocycles.